The smallest absolute Gasteiger partial charge is 0.254 e. The molecule has 1 aliphatic heterocycles. The number of carbonyl (C=O) groups is 1. The van der Waals surface area contributed by atoms with Gasteiger partial charge in [0.2, 0.25) is 10.0 Å². The minimum absolute atomic E-state index is 0.0190. The van der Waals surface area contributed by atoms with Crippen LogP contribution >= 0.6 is 0 Å². The predicted molar refractivity (Wildman–Crippen MR) is 183 cm³/mol. The summed E-state index contributed by atoms with van der Waals surface area (Å²) >= 11 is 0. The molecule has 4 fully saturated rings. The number of fused-ring (bicyclic) bond motifs is 4. The Morgan fingerprint density at radius 2 is 1.79 bits per heavy atom. The van der Waals surface area contributed by atoms with E-state index in [0.717, 1.165) is 71.6 Å². The van der Waals surface area contributed by atoms with Gasteiger partial charge in [-0.3, -0.25) is 4.79 Å². The van der Waals surface area contributed by atoms with Gasteiger partial charge in [0.25, 0.3) is 5.91 Å². The number of carbonyl (C=O) groups excluding carboxylic acids is 1. The molecular weight excluding hydrogens is 627 g/mol. The number of aromatic nitrogens is 4. The van der Waals surface area contributed by atoms with Crippen molar-refractivity contribution in [3.8, 4) is 28.5 Å². The number of nitrogens with two attached hydrogens (primary N) is 1. The molecule has 5 aromatic rings. The number of rotatable bonds is 9. The molecule has 2 aromatic carbocycles. The maximum Gasteiger partial charge on any atom is 0.254 e. The van der Waals surface area contributed by atoms with Gasteiger partial charge >= 0.3 is 0 Å². The van der Waals surface area contributed by atoms with Crippen molar-refractivity contribution in [2.24, 2.45) is 24.6 Å². The van der Waals surface area contributed by atoms with E-state index >= 15 is 0 Å². The molecular formula is C36H39N7O4S. The summed E-state index contributed by atoms with van der Waals surface area (Å²) in [5.41, 5.74) is 11.9. The Morgan fingerprint density at radius 1 is 1.00 bits per heavy atom. The van der Waals surface area contributed by atoms with Gasteiger partial charge in [0.1, 0.15) is 16.9 Å². The molecule has 3 saturated carbocycles. The Kier molecular flexibility index (Phi) is 6.76. The average Bonchev–Trinajstić information content (AvgIpc) is 3.98. The number of amides is 1. The number of hydrogen-bond acceptors (Lipinski definition) is 7. The van der Waals surface area contributed by atoms with Gasteiger partial charge in [0.15, 0.2) is 5.82 Å². The zero-order valence-electron chi connectivity index (χ0n) is 27.1. The fourth-order valence-electron chi connectivity index (χ4n) is 7.78. The monoisotopic (exact) mass is 665 g/mol. The number of nitrogens with one attached hydrogen (secondary N) is 1. The topological polar surface area (TPSA) is 137 Å². The maximum atomic E-state index is 13.8. The summed E-state index contributed by atoms with van der Waals surface area (Å²) in [6, 6.07) is 17.0. The number of aryl methyl sites for hydroxylation is 1. The second-order valence-corrected chi connectivity index (χ2v) is 15.8. The number of pyridine rings is 1. The third-order valence-electron chi connectivity index (χ3n) is 10.8. The van der Waals surface area contributed by atoms with Crippen LogP contribution in [-0.2, 0) is 23.6 Å². The molecule has 3 N–H and O–H groups in total. The van der Waals surface area contributed by atoms with E-state index in [1.54, 1.807) is 19.2 Å². The largest absolute Gasteiger partial charge is 0.494 e. The molecule has 248 valence electrons. The van der Waals surface area contributed by atoms with Crippen molar-refractivity contribution >= 4 is 38.0 Å². The summed E-state index contributed by atoms with van der Waals surface area (Å²) in [5, 5.41) is 0.998. The summed E-state index contributed by atoms with van der Waals surface area (Å²) in [6.07, 6.45) is 6.17. The van der Waals surface area contributed by atoms with Gasteiger partial charge in [-0.05, 0) is 92.8 Å². The molecule has 3 aromatic heterocycles. The van der Waals surface area contributed by atoms with Crippen molar-refractivity contribution in [2.45, 2.75) is 68.1 Å². The highest BCUT2D eigenvalue weighted by Gasteiger charge is 2.47. The van der Waals surface area contributed by atoms with Crippen LogP contribution in [0.3, 0.4) is 0 Å². The third-order valence-corrected chi connectivity index (χ3v) is 12.3. The summed E-state index contributed by atoms with van der Waals surface area (Å²) in [4.78, 5) is 26.2. The Morgan fingerprint density at radius 3 is 2.46 bits per heavy atom. The molecule has 4 aliphatic rings. The highest BCUT2D eigenvalue weighted by molar-refractivity contribution is 7.89. The van der Waals surface area contributed by atoms with E-state index in [4.69, 9.17) is 20.4 Å². The summed E-state index contributed by atoms with van der Waals surface area (Å²) < 4.78 is 38.3. The lowest BCUT2D eigenvalue weighted by atomic mass is 10.1. The van der Waals surface area contributed by atoms with Crippen molar-refractivity contribution < 1.29 is 17.9 Å². The van der Waals surface area contributed by atoms with Crippen LogP contribution in [0.5, 0.6) is 5.75 Å². The molecule has 1 saturated heterocycles. The van der Waals surface area contributed by atoms with Crippen LogP contribution in [0.4, 0.5) is 0 Å². The zero-order valence-corrected chi connectivity index (χ0v) is 27.9. The minimum Gasteiger partial charge on any atom is -0.494 e. The van der Waals surface area contributed by atoms with E-state index in [-0.39, 0.29) is 28.9 Å². The molecule has 1 amide bonds. The number of nitrogens with zero attached hydrogens (tertiary/aromatic N) is 5. The Labute approximate surface area is 279 Å². The van der Waals surface area contributed by atoms with Crippen LogP contribution in [0.25, 0.3) is 44.8 Å². The minimum atomic E-state index is -3.53. The number of hydrogen-bond donors (Lipinski definition) is 2. The molecule has 3 aliphatic carbocycles. The van der Waals surface area contributed by atoms with Gasteiger partial charge in [0, 0.05) is 54.8 Å². The Hall–Kier alpha value is -4.26. The van der Waals surface area contributed by atoms with Gasteiger partial charge in [-0.2, -0.15) is 0 Å². The first-order valence-corrected chi connectivity index (χ1v) is 18.4. The Balaban J connectivity index is 1.10. The fraction of sp³-hybridized carbons (Fsp3) is 0.417. The van der Waals surface area contributed by atoms with E-state index in [2.05, 4.69) is 21.4 Å². The van der Waals surface area contributed by atoms with Crippen molar-refractivity contribution in [1.82, 2.24) is 28.7 Å². The van der Waals surface area contributed by atoms with E-state index in [1.165, 1.54) is 12.8 Å². The summed E-state index contributed by atoms with van der Waals surface area (Å²) in [6.45, 7) is 1.52. The van der Waals surface area contributed by atoms with E-state index < -0.39 is 10.0 Å². The van der Waals surface area contributed by atoms with Crippen LogP contribution < -0.4 is 15.2 Å². The van der Waals surface area contributed by atoms with Gasteiger partial charge < -0.3 is 24.5 Å². The quantitative estimate of drug-likeness (QED) is 0.233. The van der Waals surface area contributed by atoms with Crippen LogP contribution in [0.15, 0.2) is 59.5 Å². The first-order valence-electron chi connectivity index (χ1n) is 16.9. The SMILES string of the molecule is COc1cc(C(=O)N2CC3CCC2[C@@H]3N)cc2nc(-c3cc4ccc(-c5ccc(S(=O)(=O)NC6CC6)cc5)nc4n3CC3CC3)n(C)c12. The molecule has 48 heavy (non-hydrogen) atoms. The fourth-order valence-corrected chi connectivity index (χ4v) is 9.08. The number of sulfonamides is 1. The van der Waals surface area contributed by atoms with Gasteiger partial charge in [-0.15, -0.1) is 0 Å². The second-order valence-electron chi connectivity index (χ2n) is 14.1. The molecule has 3 atom stereocenters. The van der Waals surface area contributed by atoms with Crippen LogP contribution in [0.1, 0.15) is 48.9 Å². The number of methoxy groups -OCH3 is 1. The standard InChI is InChI=1S/C36H39N7O4S/c1-41-33-28(15-24(17-31(33)47-2)36(44)43-19-23-8-14-29(43)32(23)37)39-35(41)30-16-22-7-13-27(38-34(22)42(30)18-20-3-4-20)21-5-11-26(12-6-21)48(45,46)40-25-9-10-25/h5-7,11-13,15-17,20,23,25,29,32,40H,3-4,8-10,14,18-19,37H2,1-2H3/t23?,29?,32-/m1/s1. The van der Waals surface area contributed by atoms with Gasteiger partial charge in [-0.25, -0.2) is 23.1 Å². The molecule has 4 heterocycles. The van der Waals surface area contributed by atoms with Crippen LogP contribution in [0.2, 0.25) is 0 Å². The summed E-state index contributed by atoms with van der Waals surface area (Å²) in [5.74, 6) is 2.30. The number of likely N-dealkylation sites (tertiary alicyclic amines) is 1. The number of imidazole rings is 1. The predicted octanol–water partition coefficient (Wildman–Crippen LogP) is 4.68. The van der Waals surface area contributed by atoms with Gasteiger partial charge in [-0.1, -0.05) is 12.1 Å². The zero-order chi connectivity index (χ0) is 32.9. The number of ether oxygens (including phenoxy) is 1. The maximum absolute atomic E-state index is 13.8. The number of piperidine rings is 1. The molecule has 11 nitrogen and oxygen atoms in total. The highest BCUT2D eigenvalue weighted by Crippen LogP contribution is 2.40. The Bertz CT molecular complexity index is 2220. The van der Waals surface area contributed by atoms with Crippen molar-refractivity contribution in [3.05, 3.63) is 60.2 Å². The molecule has 2 bridgehead atoms. The average molecular weight is 666 g/mol. The highest BCUT2D eigenvalue weighted by atomic mass is 32.2. The van der Waals surface area contributed by atoms with E-state index in [1.807, 2.05) is 46.8 Å². The molecule has 12 heteroatoms. The van der Waals surface area contributed by atoms with Crippen molar-refractivity contribution in [1.29, 1.82) is 0 Å². The van der Waals surface area contributed by atoms with E-state index in [0.29, 0.717) is 35.2 Å². The lowest BCUT2D eigenvalue weighted by Crippen LogP contribution is -2.41. The van der Waals surface area contributed by atoms with Crippen molar-refractivity contribution in [2.75, 3.05) is 13.7 Å². The lowest BCUT2D eigenvalue weighted by Gasteiger charge is -2.27. The van der Waals surface area contributed by atoms with Gasteiger partial charge in [0.05, 0.1) is 28.9 Å². The second kappa shape index (κ2) is 10.9. The lowest BCUT2D eigenvalue weighted by molar-refractivity contribution is 0.0700. The summed E-state index contributed by atoms with van der Waals surface area (Å²) in [7, 11) is 0.0877. The first kappa shape index (κ1) is 29.8. The molecule has 2 unspecified atom stereocenters. The van der Waals surface area contributed by atoms with Crippen molar-refractivity contribution in [3.63, 3.8) is 0 Å². The van der Waals surface area contributed by atoms with Crippen LogP contribution in [0, 0.1) is 11.8 Å². The molecule has 0 spiro atoms. The van der Waals surface area contributed by atoms with Crippen LogP contribution in [-0.4, -0.2) is 70.1 Å². The number of benzene rings is 2. The third kappa shape index (κ3) is 4.91. The molecule has 9 rings (SSSR count). The first-order chi connectivity index (χ1) is 23.2. The normalized spacial score (nSPS) is 22.3. The van der Waals surface area contributed by atoms with E-state index in [9.17, 15) is 13.2 Å². The molecule has 0 radical (unpaired) electrons.